The summed E-state index contributed by atoms with van der Waals surface area (Å²) in [5, 5.41) is 0. The summed E-state index contributed by atoms with van der Waals surface area (Å²) in [6.07, 6.45) is -21.1. The van der Waals surface area contributed by atoms with Gasteiger partial charge in [0.25, 0.3) is 0 Å². The van der Waals surface area contributed by atoms with E-state index in [0.29, 0.717) is 0 Å². The molecular formula is C24H12F26N4O2. The minimum Gasteiger partial charge on any atom is -0.490 e. The van der Waals surface area contributed by atoms with E-state index in [1.54, 1.807) is 0 Å². The van der Waals surface area contributed by atoms with Crippen molar-refractivity contribution in [3.63, 3.8) is 0 Å². The molecule has 2 heterocycles. The molecule has 0 aliphatic carbocycles. The molecule has 56 heavy (non-hydrogen) atoms. The summed E-state index contributed by atoms with van der Waals surface area (Å²) < 4.78 is 356. The highest BCUT2D eigenvalue weighted by atomic mass is 19.4. The highest BCUT2D eigenvalue weighted by Gasteiger charge is 2.84. The van der Waals surface area contributed by atoms with Crippen LogP contribution in [0.5, 0.6) is 11.5 Å². The predicted octanol–water partition coefficient (Wildman–Crippen LogP) is 9.90. The van der Waals surface area contributed by atoms with E-state index in [9.17, 15) is 114 Å². The lowest BCUT2D eigenvalue weighted by Crippen LogP contribution is -2.61. The first-order valence-electron chi connectivity index (χ1n) is 13.4. The Hall–Kier alpha value is -4.06. The van der Waals surface area contributed by atoms with Gasteiger partial charge in [-0.1, -0.05) is 0 Å². The molecule has 0 aliphatic heterocycles. The predicted molar refractivity (Wildman–Crippen MR) is 124 cm³/mol. The Labute approximate surface area is 290 Å². The Morgan fingerprint density at radius 3 is 0.786 bits per heavy atom. The number of alkyl halides is 26. The van der Waals surface area contributed by atoms with Gasteiger partial charge in [0.1, 0.15) is 0 Å². The fourth-order valence-electron chi connectivity index (χ4n) is 3.50. The van der Waals surface area contributed by atoms with Gasteiger partial charge in [-0.25, -0.2) is 19.9 Å². The lowest BCUT2D eigenvalue weighted by molar-refractivity contribution is -0.397. The average Bonchev–Trinajstić information content (AvgIpc) is 3.03. The van der Waals surface area contributed by atoms with Gasteiger partial charge >= 0.3 is 71.6 Å². The number of aromatic nitrogens is 4. The Balaban J connectivity index is 2.20. The van der Waals surface area contributed by atoms with Crippen LogP contribution in [0.4, 0.5) is 114 Å². The quantitative estimate of drug-likeness (QED) is 0.148. The molecule has 0 fully saturated rings. The van der Waals surface area contributed by atoms with E-state index in [-0.39, 0.29) is 24.8 Å². The van der Waals surface area contributed by atoms with Crippen molar-refractivity contribution in [1.82, 2.24) is 19.9 Å². The van der Waals surface area contributed by atoms with Gasteiger partial charge in [-0.15, -0.1) is 0 Å². The van der Waals surface area contributed by atoms with E-state index in [2.05, 4.69) is 29.4 Å². The summed E-state index contributed by atoms with van der Waals surface area (Å²) in [6, 6.07) is 0. The molecule has 0 saturated carbocycles. The number of hydrogen-bond donors (Lipinski definition) is 0. The number of hydrogen-bond acceptors (Lipinski definition) is 6. The maximum atomic E-state index is 14.5. The summed E-state index contributed by atoms with van der Waals surface area (Å²) in [5.74, 6) is -77.6. The molecule has 0 radical (unpaired) electrons. The van der Waals surface area contributed by atoms with Crippen molar-refractivity contribution in [2.24, 2.45) is 0 Å². The molecule has 2 rings (SSSR count). The van der Waals surface area contributed by atoms with Crippen LogP contribution in [0.1, 0.15) is 24.5 Å². The lowest BCUT2D eigenvalue weighted by Gasteiger charge is -2.35. The summed E-state index contributed by atoms with van der Waals surface area (Å²) >= 11 is 0. The fraction of sp³-hybridized carbons (Fsp3) is 0.667. The molecule has 0 N–H and O–H groups in total. The van der Waals surface area contributed by atoms with Gasteiger partial charge in [0.2, 0.25) is 11.6 Å². The second-order valence-electron chi connectivity index (χ2n) is 10.7. The van der Waals surface area contributed by atoms with Gasteiger partial charge in [-0.2, -0.15) is 114 Å². The zero-order chi connectivity index (χ0) is 44.2. The van der Waals surface area contributed by atoms with E-state index in [1.165, 1.54) is 0 Å². The van der Waals surface area contributed by atoms with Crippen molar-refractivity contribution in [2.45, 2.75) is 84.4 Å². The van der Waals surface area contributed by atoms with E-state index in [4.69, 9.17) is 0 Å². The molecule has 0 unspecified atom stereocenters. The normalized spacial score (nSPS) is 15.2. The molecule has 322 valence electrons. The minimum absolute atomic E-state index is 0.329. The van der Waals surface area contributed by atoms with Crippen LogP contribution in [0.2, 0.25) is 0 Å². The van der Waals surface area contributed by atoms with Gasteiger partial charge in [0.15, 0.2) is 11.5 Å². The molecule has 0 bridgehead atoms. The van der Waals surface area contributed by atoms with Gasteiger partial charge in [-0.3, -0.25) is 0 Å². The van der Waals surface area contributed by atoms with Gasteiger partial charge in [0.05, 0.1) is 50.8 Å². The maximum absolute atomic E-state index is 14.5. The fourth-order valence-corrected chi connectivity index (χ4v) is 3.50. The van der Waals surface area contributed by atoms with Crippen LogP contribution < -0.4 is 9.47 Å². The third-order valence-corrected chi connectivity index (χ3v) is 6.79. The third-order valence-electron chi connectivity index (χ3n) is 6.79. The number of halogens is 26. The highest BCUT2D eigenvalue weighted by Crippen LogP contribution is 2.59. The Morgan fingerprint density at radius 1 is 0.339 bits per heavy atom. The Morgan fingerprint density at radius 2 is 0.571 bits per heavy atom. The van der Waals surface area contributed by atoms with E-state index in [0.717, 1.165) is 0 Å². The van der Waals surface area contributed by atoms with Crippen molar-refractivity contribution < 1.29 is 124 Å². The largest absolute Gasteiger partial charge is 0.490 e. The smallest absolute Gasteiger partial charge is 0.460 e. The number of rotatable bonds is 17. The molecule has 2 aromatic heterocycles. The van der Waals surface area contributed by atoms with Gasteiger partial charge in [0, 0.05) is 0 Å². The van der Waals surface area contributed by atoms with Crippen molar-refractivity contribution in [3.8, 4) is 11.5 Å². The molecule has 0 spiro atoms. The number of ether oxygens (including phenoxy) is 2. The number of nitrogens with zero attached hydrogens (tertiary/aromatic N) is 4. The summed E-state index contributed by atoms with van der Waals surface area (Å²) in [5.41, 5.74) is 0. The Kier molecular flexibility index (Phi) is 12.4. The van der Waals surface area contributed by atoms with E-state index in [1.807, 2.05) is 0 Å². The highest BCUT2D eigenvalue weighted by molar-refractivity contribution is 5.21. The molecule has 6 nitrogen and oxygen atoms in total. The molecule has 0 saturated heterocycles. The van der Waals surface area contributed by atoms with Gasteiger partial charge < -0.3 is 9.47 Å². The third kappa shape index (κ3) is 7.91. The maximum Gasteiger partial charge on any atom is 0.460 e. The first-order valence-corrected chi connectivity index (χ1v) is 13.4. The first-order chi connectivity index (χ1) is 24.6. The van der Waals surface area contributed by atoms with Gasteiger partial charge in [-0.05, 0) is 0 Å². The van der Waals surface area contributed by atoms with Crippen molar-refractivity contribution in [2.75, 3.05) is 13.2 Å². The topological polar surface area (TPSA) is 70.0 Å². The van der Waals surface area contributed by atoms with Crippen LogP contribution in [0.15, 0.2) is 24.8 Å². The molecule has 0 amide bonds. The molecule has 0 atom stereocenters. The second-order valence-corrected chi connectivity index (χ2v) is 10.7. The molecular weight excluding hydrogens is 870 g/mol. The van der Waals surface area contributed by atoms with Crippen LogP contribution >= 0.6 is 0 Å². The van der Waals surface area contributed by atoms with Crippen LogP contribution in [0, 0.1) is 0 Å². The average molecular weight is 882 g/mol. The lowest BCUT2D eigenvalue weighted by atomic mass is 9.97. The van der Waals surface area contributed by atoms with Crippen molar-refractivity contribution in [1.29, 1.82) is 0 Å². The molecule has 2 aromatic rings. The first kappa shape index (κ1) is 48.1. The molecule has 32 heteroatoms. The van der Waals surface area contributed by atoms with Crippen LogP contribution in [0.25, 0.3) is 0 Å². The molecule has 0 aliphatic rings. The van der Waals surface area contributed by atoms with E-state index >= 15 is 0 Å². The summed E-state index contributed by atoms with van der Waals surface area (Å²) in [7, 11) is 0. The standard InChI is InChI=1S/C24H12F26N4O2/c25-13(26,17(33,34)21(41,42)23(45,46)47)1-3-55-9-5-51-11(52-6-9)15(29,30)19(37,38)20(39,40)16(31,32)12-53-7-10(8-54-12)56-4-2-14(27,28)18(35,36)22(43,44)24(48,49)50/h5-8H,1-4H2. The summed E-state index contributed by atoms with van der Waals surface area (Å²) in [6.45, 7) is -3.99. The Bertz CT molecular complexity index is 1520. The van der Waals surface area contributed by atoms with Crippen LogP contribution in [-0.2, 0) is 11.8 Å². The van der Waals surface area contributed by atoms with Crippen molar-refractivity contribution >= 4 is 0 Å². The zero-order valence-corrected chi connectivity index (χ0v) is 25.6. The second kappa shape index (κ2) is 14.4. The minimum atomic E-state index is -7.34. The zero-order valence-electron chi connectivity index (χ0n) is 25.6. The van der Waals surface area contributed by atoms with Crippen LogP contribution in [0.3, 0.4) is 0 Å². The van der Waals surface area contributed by atoms with Crippen LogP contribution in [-0.4, -0.2) is 92.9 Å². The summed E-state index contributed by atoms with van der Waals surface area (Å²) in [4.78, 5) is 9.30. The van der Waals surface area contributed by atoms with Crippen molar-refractivity contribution in [3.05, 3.63) is 36.4 Å². The monoisotopic (exact) mass is 882 g/mol. The van der Waals surface area contributed by atoms with E-state index < -0.39 is 121 Å². The SMILES string of the molecule is FC(F)(F)C(F)(F)C(F)(F)C(F)(F)CCOc1cnc(C(F)(F)C(F)(F)C(F)(F)C(F)(F)c2ncc(OCCC(F)(F)C(F)(F)C(F)(F)C(F)(F)F)cn2)nc1. The molecule has 0 aromatic carbocycles.